The van der Waals surface area contributed by atoms with Crippen molar-refractivity contribution in [2.24, 2.45) is 5.73 Å². The van der Waals surface area contributed by atoms with Crippen LogP contribution in [0.3, 0.4) is 0 Å². The van der Waals surface area contributed by atoms with Crippen molar-refractivity contribution in [1.29, 1.82) is 0 Å². The second kappa shape index (κ2) is 5.66. The van der Waals surface area contributed by atoms with Gasteiger partial charge in [-0.25, -0.2) is 0 Å². The molecule has 1 unspecified atom stereocenters. The molecule has 0 amide bonds. The summed E-state index contributed by atoms with van der Waals surface area (Å²) in [5.74, 6) is 0. The molecule has 0 aliphatic heterocycles. The predicted molar refractivity (Wildman–Crippen MR) is 64.8 cm³/mol. The SMILES string of the molecule is C=C(C)C(N)C1(OCC)CCCCCC1. The van der Waals surface area contributed by atoms with Crippen LogP contribution in [0.25, 0.3) is 0 Å². The van der Waals surface area contributed by atoms with Gasteiger partial charge in [-0.2, -0.15) is 0 Å². The minimum absolute atomic E-state index is 0.00412. The lowest BCUT2D eigenvalue weighted by Crippen LogP contribution is -2.50. The summed E-state index contributed by atoms with van der Waals surface area (Å²) in [5, 5.41) is 0. The molecule has 0 aromatic heterocycles. The molecule has 0 radical (unpaired) electrons. The third-order valence-electron chi connectivity index (χ3n) is 3.48. The molecule has 0 aromatic rings. The van der Waals surface area contributed by atoms with E-state index in [2.05, 4.69) is 13.5 Å². The molecular formula is C13H25NO. The normalized spacial score (nSPS) is 23.1. The molecule has 1 saturated carbocycles. The first-order valence-electron chi connectivity index (χ1n) is 6.17. The van der Waals surface area contributed by atoms with Crippen LogP contribution < -0.4 is 5.73 Å². The molecule has 2 heteroatoms. The highest BCUT2D eigenvalue weighted by atomic mass is 16.5. The molecule has 1 rings (SSSR count). The van der Waals surface area contributed by atoms with Crippen LogP contribution in [0.4, 0.5) is 0 Å². The van der Waals surface area contributed by atoms with Crippen molar-refractivity contribution in [3.63, 3.8) is 0 Å². The average molecular weight is 211 g/mol. The number of rotatable bonds is 4. The molecule has 0 saturated heterocycles. The Morgan fingerprint density at radius 1 is 1.33 bits per heavy atom. The van der Waals surface area contributed by atoms with E-state index in [1.807, 2.05) is 6.92 Å². The summed E-state index contributed by atoms with van der Waals surface area (Å²) in [4.78, 5) is 0. The maximum absolute atomic E-state index is 6.26. The lowest BCUT2D eigenvalue weighted by atomic mass is 9.83. The molecule has 0 aromatic carbocycles. The van der Waals surface area contributed by atoms with E-state index in [9.17, 15) is 0 Å². The average Bonchev–Trinajstić information content (AvgIpc) is 2.44. The van der Waals surface area contributed by atoms with E-state index in [0.29, 0.717) is 0 Å². The van der Waals surface area contributed by atoms with Gasteiger partial charge in [-0.1, -0.05) is 37.8 Å². The number of hydrogen-bond acceptors (Lipinski definition) is 2. The van der Waals surface area contributed by atoms with Crippen LogP contribution in [0.5, 0.6) is 0 Å². The molecule has 0 bridgehead atoms. The highest BCUT2D eigenvalue weighted by molar-refractivity contribution is 5.11. The largest absolute Gasteiger partial charge is 0.373 e. The van der Waals surface area contributed by atoms with Crippen molar-refractivity contribution >= 4 is 0 Å². The summed E-state index contributed by atoms with van der Waals surface area (Å²) in [6.45, 7) is 8.80. The van der Waals surface area contributed by atoms with Gasteiger partial charge >= 0.3 is 0 Å². The molecule has 0 heterocycles. The van der Waals surface area contributed by atoms with Gasteiger partial charge in [0.05, 0.1) is 11.6 Å². The molecule has 2 nitrogen and oxygen atoms in total. The highest BCUT2D eigenvalue weighted by Crippen LogP contribution is 2.34. The maximum atomic E-state index is 6.26. The predicted octanol–water partition coefficient (Wildman–Crippen LogP) is 3.02. The van der Waals surface area contributed by atoms with Crippen LogP contribution in [-0.4, -0.2) is 18.2 Å². The van der Waals surface area contributed by atoms with Gasteiger partial charge in [-0.05, 0) is 26.7 Å². The Morgan fingerprint density at radius 3 is 2.27 bits per heavy atom. The van der Waals surface area contributed by atoms with E-state index in [1.165, 1.54) is 25.7 Å². The van der Waals surface area contributed by atoms with Gasteiger partial charge < -0.3 is 10.5 Å². The fourth-order valence-corrected chi connectivity index (χ4v) is 2.61. The van der Waals surface area contributed by atoms with Crippen molar-refractivity contribution in [2.75, 3.05) is 6.61 Å². The van der Waals surface area contributed by atoms with Gasteiger partial charge in [0.25, 0.3) is 0 Å². The highest BCUT2D eigenvalue weighted by Gasteiger charge is 2.37. The van der Waals surface area contributed by atoms with Gasteiger partial charge in [0.1, 0.15) is 0 Å². The van der Waals surface area contributed by atoms with Gasteiger partial charge in [0.15, 0.2) is 0 Å². The summed E-state index contributed by atoms with van der Waals surface area (Å²) in [7, 11) is 0. The smallest absolute Gasteiger partial charge is 0.0870 e. The first-order valence-corrected chi connectivity index (χ1v) is 6.17. The van der Waals surface area contributed by atoms with Crippen molar-refractivity contribution < 1.29 is 4.74 Å². The monoisotopic (exact) mass is 211 g/mol. The summed E-state index contributed by atoms with van der Waals surface area (Å²) < 4.78 is 5.99. The van der Waals surface area contributed by atoms with Crippen LogP contribution in [0.1, 0.15) is 52.4 Å². The molecule has 15 heavy (non-hydrogen) atoms. The fraction of sp³-hybridized carbons (Fsp3) is 0.846. The third kappa shape index (κ3) is 3.05. The minimum Gasteiger partial charge on any atom is -0.373 e. The molecule has 1 atom stereocenters. The van der Waals surface area contributed by atoms with Gasteiger partial charge in [-0.15, -0.1) is 0 Å². The molecular weight excluding hydrogens is 186 g/mol. The molecule has 88 valence electrons. The van der Waals surface area contributed by atoms with Gasteiger partial charge in [0, 0.05) is 6.61 Å². The molecule has 1 aliphatic carbocycles. The zero-order valence-corrected chi connectivity index (χ0v) is 10.2. The maximum Gasteiger partial charge on any atom is 0.0870 e. The Labute approximate surface area is 93.9 Å². The van der Waals surface area contributed by atoms with Crippen molar-refractivity contribution in [1.82, 2.24) is 0 Å². The van der Waals surface area contributed by atoms with E-state index in [-0.39, 0.29) is 11.6 Å². The summed E-state index contributed by atoms with van der Waals surface area (Å²) in [6, 6.07) is -0.00412. The summed E-state index contributed by atoms with van der Waals surface area (Å²) in [5.41, 5.74) is 7.18. The first-order chi connectivity index (χ1) is 7.12. The second-order valence-corrected chi connectivity index (χ2v) is 4.74. The van der Waals surface area contributed by atoms with E-state index >= 15 is 0 Å². The number of nitrogens with two attached hydrogens (primary N) is 1. The Kier molecular flexibility index (Phi) is 4.81. The van der Waals surface area contributed by atoms with E-state index < -0.39 is 0 Å². The third-order valence-corrected chi connectivity index (χ3v) is 3.48. The van der Waals surface area contributed by atoms with Gasteiger partial charge in [0.2, 0.25) is 0 Å². The van der Waals surface area contributed by atoms with E-state index in [0.717, 1.165) is 25.0 Å². The standard InChI is InChI=1S/C13H25NO/c1-4-15-13(12(14)11(2)3)9-7-5-6-8-10-13/h12H,2,4-10,14H2,1,3H3. The topological polar surface area (TPSA) is 35.2 Å². The van der Waals surface area contributed by atoms with Crippen LogP contribution in [0.2, 0.25) is 0 Å². The van der Waals surface area contributed by atoms with Crippen LogP contribution in [-0.2, 0) is 4.74 Å². The zero-order valence-electron chi connectivity index (χ0n) is 10.2. The lowest BCUT2D eigenvalue weighted by Gasteiger charge is -2.38. The lowest BCUT2D eigenvalue weighted by molar-refractivity contribution is -0.0608. The number of hydrogen-bond donors (Lipinski definition) is 1. The summed E-state index contributed by atoms with van der Waals surface area (Å²) in [6.07, 6.45) is 7.29. The molecule has 2 N–H and O–H groups in total. The Balaban J connectivity index is 2.78. The second-order valence-electron chi connectivity index (χ2n) is 4.74. The Bertz CT molecular complexity index is 205. The van der Waals surface area contributed by atoms with E-state index in [1.54, 1.807) is 0 Å². The van der Waals surface area contributed by atoms with Crippen molar-refractivity contribution in [3.05, 3.63) is 12.2 Å². The minimum atomic E-state index is -0.128. The Hall–Kier alpha value is -0.340. The Morgan fingerprint density at radius 2 is 1.87 bits per heavy atom. The molecule has 1 fully saturated rings. The first kappa shape index (κ1) is 12.7. The van der Waals surface area contributed by atoms with Crippen molar-refractivity contribution in [2.45, 2.75) is 64.0 Å². The fourth-order valence-electron chi connectivity index (χ4n) is 2.61. The van der Waals surface area contributed by atoms with Gasteiger partial charge in [-0.3, -0.25) is 0 Å². The van der Waals surface area contributed by atoms with E-state index in [4.69, 9.17) is 10.5 Å². The van der Waals surface area contributed by atoms with Crippen LogP contribution in [0.15, 0.2) is 12.2 Å². The molecule has 1 aliphatic rings. The van der Waals surface area contributed by atoms with Crippen LogP contribution >= 0.6 is 0 Å². The number of ether oxygens (including phenoxy) is 1. The quantitative estimate of drug-likeness (QED) is 0.573. The summed E-state index contributed by atoms with van der Waals surface area (Å²) >= 11 is 0. The van der Waals surface area contributed by atoms with Crippen LogP contribution in [0, 0.1) is 0 Å². The van der Waals surface area contributed by atoms with Crippen molar-refractivity contribution in [3.8, 4) is 0 Å². The zero-order chi connectivity index (χ0) is 11.3. The molecule has 0 spiro atoms.